The number of carbonyl (C=O) groups is 1. The molecule has 0 bridgehead atoms. The molecular formula is C4H3BrI2O3. The Morgan fingerprint density at radius 3 is 2.40 bits per heavy atom. The Kier molecular flexibility index (Phi) is 6.11. The Morgan fingerprint density at radius 1 is 1.60 bits per heavy atom. The molecule has 0 saturated carbocycles. The maximum absolute atomic E-state index is 9.86. The van der Waals surface area contributed by atoms with Gasteiger partial charge in [-0.1, -0.05) is 0 Å². The second-order valence-electron chi connectivity index (χ2n) is 1.22. The first kappa shape index (κ1) is 11.0. The molecule has 0 rings (SSSR count). The largest absolute Gasteiger partial charge is 0.506 e. The Morgan fingerprint density at radius 2 is 2.10 bits per heavy atom. The zero-order valence-electron chi connectivity index (χ0n) is 4.60. The van der Waals surface area contributed by atoms with Crippen LogP contribution in [0.15, 0.2) is 6.07 Å². The lowest BCUT2D eigenvalue weighted by Gasteiger charge is -1.97. The minimum Gasteiger partial charge on any atom is -0.450 e. The molecule has 10 heavy (non-hydrogen) atoms. The number of rotatable bonds is 2. The molecule has 0 aromatic rings. The van der Waals surface area contributed by atoms with Gasteiger partial charge in [0.1, 0.15) is 6.61 Å². The van der Waals surface area contributed by atoms with Crippen LogP contribution >= 0.6 is 61.1 Å². The van der Waals surface area contributed by atoms with E-state index < -0.39 is 6.16 Å². The average Bonchev–Trinajstić information content (AvgIpc) is 1.82. The average molecular weight is 433 g/mol. The summed E-state index contributed by atoms with van der Waals surface area (Å²) in [4.78, 5) is 9.86. The van der Waals surface area contributed by atoms with Crippen LogP contribution < -0.4 is 0 Å². The van der Waals surface area contributed by atoms with E-state index in [-0.39, 0.29) is 6.61 Å². The van der Waals surface area contributed by atoms with Gasteiger partial charge in [0, 0.05) is 3.58 Å². The maximum atomic E-state index is 9.86. The van der Waals surface area contributed by atoms with Gasteiger partial charge in [-0.3, -0.25) is 0 Å². The van der Waals surface area contributed by atoms with Crippen molar-refractivity contribution in [2.75, 3.05) is 6.61 Å². The molecule has 6 heteroatoms. The van der Waals surface area contributed by atoms with Crippen LogP contribution in [0.5, 0.6) is 0 Å². The molecule has 0 aliphatic carbocycles. The van der Waals surface area contributed by atoms with Crippen molar-refractivity contribution in [1.82, 2.24) is 0 Å². The number of carboxylic acid groups (broad SMARTS) is 1. The van der Waals surface area contributed by atoms with Crippen molar-refractivity contribution in [3.8, 4) is 0 Å². The lowest BCUT2D eigenvalue weighted by Crippen LogP contribution is -2.01. The minimum absolute atomic E-state index is 0.111. The lowest BCUT2D eigenvalue weighted by atomic mass is 10.7. The third-order valence-corrected chi connectivity index (χ3v) is 4.28. The fraction of sp³-hybridized carbons (Fsp3) is 0.250. The molecule has 3 nitrogen and oxygen atoms in total. The van der Waals surface area contributed by atoms with Crippen molar-refractivity contribution in [3.05, 3.63) is 6.07 Å². The zero-order chi connectivity index (χ0) is 8.15. The van der Waals surface area contributed by atoms with Gasteiger partial charge in [-0.05, 0) is 61.1 Å². The van der Waals surface area contributed by atoms with E-state index in [9.17, 15) is 4.79 Å². The smallest absolute Gasteiger partial charge is 0.450 e. The summed E-state index contributed by atoms with van der Waals surface area (Å²) in [5, 5.41) is 8.08. The molecule has 0 spiro atoms. The SMILES string of the molecule is O=C(O)OCC(I)=C(Br)I. The van der Waals surface area contributed by atoms with Gasteiger partial charge in [-0.2, -0.15) is 0 Å². The maximum Gasteiger partial charge on any atom is 0.506 e. The van der Waals surface area contributed by atoms with Crippen LogP contribution in [0.4, 0.5) is 4.79 Å². The summed E-state index contributed by atoms with van der Waals surface area (Å²) in [5.41, 5.74) is 0. The third kappa shape index (κ3) is 5.71. The molecule has 0 fully saturated rings. The summed E-state index contributed by atoms with van der Waals surface area (Å²) >= 11 is 7.21. The molecule has 0 aromatic carbocycles. The first-order valence-electron chi connectivity index (χ1n) is 2.09. The summed E-state index contributed by atoms with van der Waals surface area (Å²) < 4.78 is 5.98. The van der Waals surface area contributed by atoms with Crippen molar-refractivity contribution in [2.45, 2.75) is 0 Å². The van der Waals surface area contributed by atoms with Crippen molar-refractivity contribution < 1.29 is 14.6 Å². The fourth-order valence-corrected chi connectivity index (χ4v) is 0.606. The van der Waals surface area contributed by atoms with E-state index in [0.717, 1.165) is 6.07 Å². The molecule has 0 aliphatic rings. The highest BCUT2D eigenvalue weighted by atomic mass is 127. The molecule has 0 saturated heterocycles. The molecule has 58 valence electrons. The molecular weight excluding hydrogens is 430 g/mol. The van der Waals surface area contributed by atoms with E-state index in [1.165, 1.54) is 0 Å². The van der Waals surface area contributed by atoms with E-state index in [0.29, 0.717) is 0 Å². The van der Waals surface area contributed by atoms with E-state index in [1.54, 1.807) is 0 Å². The van der Waals surface area contributed by atoms with Gasteiger partial charge in [0.05, 0.1) is 2.49 Å². The first-order chi connectivity index (χ1) is 4.54. The monoisotopic (exact) mass is 432 g/mol. The Bertz CT molecular complexity index is 164. The van der Waals surface area contributed by atoms with E-state index in [2.05, 4.69) is 20.7 Å². The first-order valence-corrected chi connectivity index (χ1v) is 5.04. The molecule has 0 atom stereocenters. The van der Waals surface area contributed by atoms with Crippen molar-refractivity contribution in [3.63, 3.8) is 0 Å². The van der Waals surface area contributed by atoms with Crippen molar-refractivity contribution in [1.29, 1.82) is 0 Å². The van der Waals surface area contributed by atoms with E-state index >= 15 is 0 Å². The molecule has 0 aromatic heterocycles. The summed E-state index contributed by atoms with van der Waals surface area (Å²) in [6, 6.07) is 0. The van der Waals surface area contributed by atoms with Crippen LogP contribution in [-0.2, 0) is 4.74 Å². The van der Waals surface area contributed by atoms with Crippen LogP contribution in [0.1, 0.15) is 0 Å². The zero-order valence-corrected chi connectivity index (χ0v) is 10.5. The molecule has 0 unspecified atom stereocenters. The second-order valence-corrected chi connectivity index (χ2v) is 5.88. The highest BCUT2D eigenvalue weighted by Crippen LogP contribution is 2.24. The molecule has 0 radical (unpaired) electrons. The Labute approximate surface area is 93.6 Å². The van der Waals surface area contributed by atoms with Crippen LogP contribution in [0, 0.1) is 0 Å². The van der Waals surface area contributed by atoms with Crippen molar-refractivity contribution >= 4 is 67.3 Å². The van der Waals surface area contributed by atoms with Crippen LogP contribution in [0.2, 0.25) is 0 Å². The van der Waals surface area contributed by atoms with Crippen LogP contribution in [0.25, 0.3) is 0 Å². The lowest BCUT2D eigenvalue weighted by molar-refractivity contribution is 0.102. The quantitative estimate of drug-likeness (QED) is 0.539. The number of halogens is 3. The van der Waals surface area contributed by atoms with Gasteiger partial charge in [-0.15, -0.1) is 0 Å². The van der Waals surface area contributed by atoms with Gasteiger partial charge in [-0.25, -0.2) is 4.79 Å². The highest BCUT2D eigenvalue weighted by molar-refractivity contribution is 14.1. The van der Waals surface area contributed by atoms with Crippen LogP contribution in [0.3, 0.4) is 0 Å². The van der Waals surface area contributed by atoms with E-state index in [1.807, 2.05) is 45.2 Å². The van der Waals surface area contributed by atoms with Gasteiger partial charge >= 0.3 is 6.16 Å². The number of ether oxygens (including phenoxy) is 1. The Balaban J connectivity index is 3.71. The third-order valence-electron chi connectivity index (χ3n) is 0.527. The molecule has 0 aliphatic heterocycles. The van der Waals surface area contributed by atoms with Gasteiger partial charge in [0.25, 0.3) is 0 Å². The summed E-state index contributed by atoms with van der Waals surface area (Å²) in [6.45, 7) is 0.111. The van der Waals surface area contributed by atoms with Crippen LogP contribution in [-0.4, -0.2) is 17.9 Å². The summed E-state index contributed by atoms with van der Waals surface area (Å²) in [7, 11) is 0. The fourth-order valence-electron chi connectivity index (χ4n) is 0.180. The standard InChI is InChI=1S/C4H3BrI2O3/c5-3(7)2(6)1-10-4(8)9/h1H2,(H,8,9). The summed E-state index contributed by atoms with van der Waals surface area (Å²) in [6.07, 6.45) is -1.25. The minimum atomic E-state index is -1.25. The van der Waals surface area contributed by atoms with Crippen molar-refractivity contribution in [2.24, 2.45) is 0 Å². The van der Waals surface area contributed by atoms with Gasteiger partial charge < -0.3 is 9.84 Å². The normalized spacial score (nSPS) is 12.3. The number of hydrogen-bond acceptors (Lipinski definition) is 2. The van der Waals surface area contributed by atoms with E-state index in [4.69, 9.17) is 5.11 Å². The second kappa shape index (κ2) is 5.58. The predicted octanol–water partition coefficient (Wildman–Crippen LogP) is 3.12. The highest BCUT2D eigenvalue weighted by Gasteiger charge is 2.00. The Hall–Kier alpha value is 0.950. The van der Waals surface area contributed by atoms with Gasteiger partial charge in [0.15, 0.2) is 0 Å². The molecule has 0 heterocycles. The molecule has 0 amide bonds. The topological polar surface area (TPSA) is 46.5 Å². The summed E-state index contributed by atoms with van der Waals surface area (Å²) in [5.74, 6) is 0. The number of hydrogen-bond donors (Lipinski definition) is 1. The van der Waals surface area contributed by atoms with Gasteiger partial charge in [0.2, 0.25) is 0 Å². The predicted molar refractivity (Wildman–Crippen MR) is 58.0 cm³/mol. The molecule has 1 N–H and O–H groups in total.